The van der Waals surface area contributed by atoms with E-state index in [0.717, 1.165) is 6.07 Å². The first-order valence-corrected chi connectivity index (χ1v) is 3.10. The van der Waals surface area contributed by atoms with Gasteiger partial charge in [-0.1, -0.05) is 11.6 Å². The fourth-order valence-corrected chi connectivity index (χ4v) is 0.784. The van der Waals surface area contributed by atoms with Crippen LogP contribution in [0.1, 0.15) is 0 Å². The predicted octanol–water partition coefficient (Wildman–Crippen LogP) is 1.78. The minimum Gasteiger partial charge on any atom is -0.397 e. The van der Waals surface area contributed by atoms with E-state index >= 15 is 0 Å². The summed E-state index contributed by atoms with van der Waals surface area (Å²) in [6.07, 6.45) is 0. The molecule has 0 unspecified atom stereocenters. The van der Waals surface area contributed by atoms with Gasteiger partial charge < -0.3 is 11.5 Å². The van der Waals surface area contributed by atoms with Crippen LogP contribution in [0.4, 0.5) is 20.2 Å². The van der Waals surface area contributed by atoms with Crippen LogP contribution in [0.25, 0.3) is 0 Å². The molecule has 0 spiro atoms. The molecule has 0 aromatic heterocycles. The van der Waals surface area contributed by atoms with E-state index in [9.17, 15) is 8.78 Å². The van der Waals surface area contributed by atoms with Crippen molar-refractivity contribution in [1.29, 1.82) is 0 Å². The van der Waals surface area contributed by atoms with Crippen molar-refractivity contribution < 1.29 is 8.78 Å². The summed E-state index contributed by atoms with van der Waals surface area (Å²) in [7, 11) is 0. The first kappa shape index (κ1) is 8.07. The molecule has 0 heterocycles. The van der Waals surface area contributed by atoms with Crippen LogP contribution in [0.3, 0.4) is 0 Å². The maximum Gasteiger partial charge on any atom is 0.169 e. The molecular formula is C6H5ClF2N2. The fraction of sp³-hybridized carbons (Fsp3) is 0. The van der Waals surface area contributed by atoms with E-state index in [1.165, 1.54) is 0 Å². The molecule has 0 saturated carbocycles. The first-order chi connectivity index (χ1) is 5.04. The lowest BCUT2D eigenvalue weighted by atomic mass is 10.2. The Morgan fingerprint density at radius 3 is 2.36 bits per heavy atom. The molecule has 11 heavy (non-hydrogen) atoms. The average Bonchev–Trinajstić information content (AvgIpc) is 1.97. The minimum absolute atomic E-state index is 0.157. The molecule has 0 aliphatic carbocycles. The van der Waals surface area contributed by atoms with E-state index in [-0.39, 0.29) is 10.7 Å². The molecule has 0 aliphatic heterocycles. The Morgan fingerprint density at radius 2 is 1.82 bits per heavy atom. The van der Waals surface area contributed by atoms with Crippen molar-refractivity contribution >= 4 is 23.0 Å². The van der Waals surface area contributed by atoms with Crippen LogP contribution < -0.4 is 11.5 Å². The summed E-state index contributed by atoms with van der Waals surface area (Å²) in [5, 5.41) is -0.344. The molecule has 0 fully saturated rings. The van der Waals surface area contributed by atoms with Crippen LogP contribution in [-0.2, 0) is 0 Å². The molecule has 0 saturated heterocycles. The summed E-state index contributed by atoms with van der Waals surface area (Å²) in [6.45, 7) is 0. The van der Waals surface area contributed by atoms with Gasteiger partial charge in [0.2, 0.25) is 0 Å². The zero-order valence-electron chi connectivity index (χ0n) is 5.37. The molecule has 0 aliphatic rings. The summed E-state index contributed by atoms with van der Waals surface area (Å²) in [6, 6.07) is 0.876. The second kappa shape index (κ2) is 2.54. The SMILES string of the molecule is Nc1cc(F)c(N)c(F)c1Cl. The molecule has 2 nitrogen and oxygen atoms in total. The van der Waals surface area contributed by atoms with E-state index in [4.69, 9.17) is 23.1 Å². The van der Waals surface area contributed by atoms with Gasteiger partial charge in [0, 0.05) is 6.07 Å². The summed E-state index contributed by atoms with van der Waals surface area (Å²) in [5.74, 6) is -1.91. The maximum atomic E-state index is 12.7. The van der Waals surface area contributed by atoms with Crippen LogP contribution in [0.2, 0.25) is 5.02 Å². The van der Waals surface area contributed by atoms with Crippen molar-refractivity contribution in [2.45, 2.75) is 0 Å². The summed E-state index contributed by atoms with van der Waals surface area (Å²) in [5.41, 5.74) is 9.32. The topological polar surface area (TPSA) is 52.0 Å². The third kappa shape index (κ3) is 1.21. The largest absolute Gasteiger partial charge is 0.397 e. The lowest BCUT2D eigenvalue weighted by Gasteiger charge is -2.02. The highest BCUT2D eigenvalue weighted by molar-refractivity contribution is 6.33. The molecule has 5 heteroatoms. The third-order valence-electron chi connectivity index (χ3n) is 1.22. The zero-order chi connectivity index (χ0) is 8.59. The smallest absolute Gasteiger partial charge is 0.169 e. The first-order valence-electron chi connectivity index (χ1n) is 2.72. The van der Waals surface area contributed by atoms with Crippen molar-refractivity contribution in [2.24, 2.45) is 0 Å². The molecule has 0 bridgehead atoms. The van der Waals surface area contributed by atoms with Gasteiger partial charge in [0.05, 0.1) is 5.69 Å². The third-order valence-corrected chi connectivity index (χ3v) is 1.61. The van der Waals surface area contributed by atoms with Crippen LogP contribution >= 0.6 is 11.6 Å². The van der Waals surface area contributed by atoms with Gasteiger partial charge in [0.15, 0.2) is 11.6 Å². The zero-order valence-corrected chi connectivity index (χ0v) is 6.12. The number of hydrogen-bond donors (Lipinski definition) is 2. The predicted molar refractivity (Wildman–Crippen MR) is 40.2 cm³/mol. The standard InChI is InChI=1S/C6H5ClF2N2/c7-4-3(10)1-2(8)6(11)5(4)9/h1H,10-11H2. The number of benzene rings is 1. The second-order valence-corrected chi connectivity index (χ2v) is 2.37. The Bertz CT molecular complexity index is 275. The Balaban J connectivity index is 3.46. The minimum atomic E-state index is -1.01. The van der Waals surface area contributed by atoms with E-state index < -0.39 is 17.3 Å². The average molecular weight is 179 g/mol. The quantitative estimate of drug-likeness (QED) is 0.470. The molecule has 0 amide bonds. The van der Waals surface area contributed by atoms with E-state index in [2.05, 4.69) is 0 Å². The summed E-state index contributed by atoms with van der Waals surface area (Å²) in [4.78, 5) is 0. The second-order valence-electron chi connectivity index (χ2n) is 1.99. The van der Waals surface area contributed by atoms with E-state index in [0.29, 0.717) is 0 Å². The Hall–Kier alpha value is -1.03. The molecule has 1 rings (SSSR count). The van der Waals surface area contributed by atoms with Gasteiger partial charge in [0.25, 0.3) is 0 Å². The van der Waals surface area contributed by atoms with Crippen molar-refractivity contribution in [3.05, 3.63) is 22.7 Å². The fourth-order valence-electron chi connectivity index (χ4n) is 0.627. The molecule has 1 aromatic rings. The van der Waals surface area contributed by atoms with Crippen molar-refractivity contribution in [3.63, 3.8) is 0 Å². The van der Waals surface area contributed by atoms with Crippen molar-refractivity contribution in [2.75, 3.05) is 11.5 Å². The molecular weight excluding hydrogens is 174 g/mol. The van der Waals surface area contributed by atoms with Gasteiger partial charge in [-0.05, 0) is 0 Å². The Morgan fingerprint density at radius 1 is 1.27 bits per heavy atom. The van der Waals surface area contributed by atoms with Crippen LogP contribution in [0, 0.1) is 11.6 Å². The Labute approximate surface area is 66.7 Å². The van der Waals surface area contributed by atoms with E-state index in [1.807, 2.05) is 0 Å². The number of rotatable bonds is 0. The van der Waals surface area contributed by atoms with E-state index in [1.54, 1.807) is 0 Å². The van der Waals surface area contributed by atoms with Crippen molar-refractivity contribution in [3.8, 4) is 0 Å². The van der Waals surface area contributed by atoms with Gasteiger partial charge in [-0.15, -0.1) is 0 Å². The van der Waals surface area contributed by atoms with Crippen LogP contribution in [-0.4, -0.2) is 0 Å². The normalized spacial score (nSPS) is 10.1. The molecule has 0 radical (unpaired) electrons. The highest BCUT2D eigenvalue weighted by Gasteiger charge is 2.12. The van der Waals surface area contributed by atoms with Gasteiger partial charge in [0.1, 0.15) is 10.7 Å². The molecule has 60 valence electrons. The number of nitrogen functional groups attached to an aromatic ring is 2. The maximum absolute atomic E-state index is 12.7. The number of hydrogen-bond acceptors (Lipinski definition) is 2. The van der Waals surface area contributed by atoms with Gasteiger partial charge in [-0.2, -0.15) is 0 Å². The number of nitrogens with two attached hydrogens (primary N) is 2. The number of halogens is 3. The molecule has 1 aromatic carbocycles. The van der Waals surface area contributed by atoms with Gasteiger partial charge >= 0.3 is 0 Å². The van der Waals surface area contributed by atoms with Gasteiger partial charge in [-0.25, -0.2) is 8.78 Å². The number of anilines is 2. The molecule has 4 N–H and O–H groups in total. The Kier molecular flexibility index (Phi) is 1.87. The monoisotopic (exact) mass is 178 g/mol. The lowest BCUT2D eigenvalue weighted by Crippen LogP contribution is -1.99. The van der Waals surface area contributed by atoms with Gasteiger partial charge in [-0.3, -0.25) is 0 Å². The highest BCUT2D eigenvalue weighted by atomic mass is 35.5. The lowest BCUT2D eigenvalue weighted by molar-refractivity contribution is 0.593. The summed E-state index contributed by atoms with van der Waals surface area (Å²) < 4.78 is 25.2. The van der Waals surface area contributed by atoms with Crippen LogP contribution in [0.5, 0.6) is 0 Å². The van der Waals surface area contributed by atoms with Crippen molar-refractivity contribution in [1.82, 2.24) is 0 Å². The molecule has 0 atom stereocenters. The van der Waals surface area contributed by atoms with Crippen LogP contribution in [0.15, 0.2) is 6.07 Å². The highest BCUT2D eigenvalue weighted by Crippen LogP contribution is 2.28. The summed E-state index contributed by atoms with van der Waals surface area (Å²) >= 11 is 5.31.